The lowest BCUT2D eigenvalue weighted by atomic mass is 10.2. The van der Waals surface area contributed by atoms with Gasteiger partial charge in [-0.1, -0.05) is 23.4 Å². The van der Waals surface area contributed by atoms with Crippen molar-refractivity contribution in [3.05, 3.63) is 55.9 Å². The molecule has 4 aromatic rings. The van der Waals surface area contributed by atoms with Crippen molar-refractivity contribution >= 4 is 50.9 Å². The number of hydrogen-bond acceptors (Lipinski definition) is 9. The van der Waals surface area contributed by atoms with Gasteiger partial charge in [0.1, 0.15) is 15.5 Å². The number of aromatic amines is 1. The highest BCUT2D eigenvalue weighted by Gasteiger charge is 2.22. The molecule has 0 spiro atoms. The number of ether oxygens (including phenoxy) is 1. The van der Waals surface area contributed by atoms with Gasteiger partial charge in [0, 0.05) is 5.02 Å². The Bertz CT molecular complexity index is 1310. The van der Waals surface area contributed by atoms with Gasteiger partial charge in [-0.25, -0.2) is 9.78 Å². The van der Waals surface area contributed by atoms with Gasteiger partial charge in [-0.2, -0.15) is 4.68 Å². The quantitative estimate of drug-likeness (QED) is 0.328. The summed E-state index contributed by atoms with van der Waals surface area (Å²) in [5.74, 6) is 0.0123. The van der Waals surface area contributed by atoms with Gasteiger partial charge < -0.3 is 9.72 Å². The predicted octanol–water partition coefficient (Wildman–Crippen LogP) is 3.95. The maximum atomic E-state index is 12.7. The SMILES string of the molecule is CCOC(=O)c1sc2nc(C(C)Sc3nnnn3-c3ccc(Cl)cc3)[nH]c(=O)c2c1C. The Morgan fingerprint density at radius 3 is 2.81 bits per heavy atom. The molecule has 0 aliphatic heterocycles. The molecule has 31 heavy (non-hydrogen) atoms. The molecule has 3 aromatic heterocycles. The van der Waals surface area contributed by atoms with Crippen LogP contribution in [0.4, 0.5) is 0 Å². The largest absolute Gasteiger partial charge is 0.462 e. The second-order valence-corrected chi connectivity index (χ2v) is 9.26. The molecule has 0 saturated carbocycles. The van der Waals surface area contributed by atoms with Crippen molar-refractivity contribution in [3.8, 4) is 5.69 Å². The van der Waals surface area contributed by atoms with Crippen molar-refractivity contribution in [2.45, 2.75) is 31.2 Å². The fourth-order valence-corrected chi connectivity index (χ4v) is 5.03. The average molecular weight is 477 g/mol. The molecule has 160 valence electrons. The minimum atomic E-state index is -0.450. The number of benzene rings is 1. The first-order valence-corrected chi connectivity index (χ1v) is 11.4. The van der Waals surface area contributed by atoms with Crippen molar-refractivity contribution in [2.24, 2.45) is 0 Å². The van der Waals surface area contributed by atoms with E-state index in [9.17, 15) is 9.59 Å². The van der Waals surface area contributed by atoms with Gasteiger partial charge in [-0.05, 0) is 61.0 Å². The molecule has 0 aliphatic rings. The highest BCUT2D eigenvalue weighted by molar-refractivity contribution is 7.99. The molecule has 1 aromatic carbocycles. The molecule has 3 heterocycles. The molecule has 1 unspecified atom stereocenters. The first-order valence-electron chi connectivity index (χ1n) is 9.30. The molecule has 0 amide bonds. The highest BCUT2D eigenvalue weighted by Crippen LogP contribution is 2.34. The Balaban J connectivity index is 1.66. The van der Waals surface area contributed by atoms with E-state index in [0.29, 0.717) is 36.7 Å². The Morgan fingerprint density at radius 1 is 1.35 bits per heavy atom. The number of thiophene rings is 1. The number of esters is 1. The normalized spacial score (nSPS) is 12.3. The Morgan fingerprint density at radius 2 is 2.10 bits per heavy atom. The minimum Gasteiger partial charge on any atom is -0.462 e. The molecule has 1 N–H and O–H groups in total. The summed E-state index contributed by atoms with van der Waals surface area (Å²) in [7, 11) is 0. The number of carbonyl (C=O) groups excluding carboxylic acids is 1. The minimum absolute atomic E-state index is 0.261. The topological polar surface area (TPSA) is 116 Å². The predicted molar refractivity (Wildman–Crippen MR) is 119 cm³/mol. The number of halogens is 1. The Hall–Kier alpha value is -2.76. The van der Waals surface area contributed by atoms with Gasteiger partial charge in [-0.3, -0.25) is 4.79 Å². The third kappa shape index (κ3) is 4.21. The first-order chi connectivity index (χ1) is 14.9. The molecule has 0 saturated heterocycles. The number of nitrogens with one attached hydrogen (secondary N) is 1. The van der Waals surface area contributed by atoms with E-state index in [1.807, 2.05) is 19.1 Å². The van der Waals surface area contributed by atoms with E-state index >= 15 is 0 Å². The van der Waals surface area contributed by atoms with Gasteiger partial charge in [0.25, 0.3) is 5.56 Å². The molecule has 0 radical (unpaired) electrons. The Kier molecular flexibility index (Phi) is 6.08. The molecule has 0 aliphatic carbocycles. The first kappa shape index (κ1) is 21.5. The average Bonchev–Trinajstić information content (AvgIpc) is 3.33. The summed E-state index contributed by atoms with van der Waals surface area (Å²) in [6, 6.07) is 7.13. The lowest BCUT2D eigenvalue weighted by Crippen LogP contribution is -2.13. The molecule has 0 bridgehead atoms. The van der Waals surface area contributed by atoms with Crippen LogP contribution < -0.4 is 5.56 Å². The van der Waals surface area contributed by atoms with Crippen LogP contribution in [0.25, 0.3) is 15.9 Å². The van der Waals surface area contributed by atoms with E-state index in [0.717, 1.165) is 17.0 Å². The molecule has 12 heteroatoms. The van der Waals surface area contributed by atoms with E-state index in [1.165, 1.54) is 11.8 Å². The number of rotatable bonds is 6. The van der Waals surface area contributed by atoms with E-state index in [-0.39, 0.29) is 17.4 Å². The van der Waals surface area contributed by atoms with Crippen LogP contribution in [0.2, 0.25) is 5.02 Å². The van der Waals surface area contributed by atoms with Gasteiger partial charge in [0.2, 0.25) is 5.16 Å². The molecule has 0 fully saturated rings. The summed E-state index contributed by atoms with van der Waals surface area (Å²) in [5, 5.41) is 13.2. The van der Waals surface area contributed by atoms with Crippen LogP contribution in [0.15, 0.2) is 34.2 Å². The number of aromatic nitrogens is 6. The number of fused-ring (bicyclic) bond motifs is 1. The van der Waals surface area contributed by atoms with E-state index in [1.54, 1.807) is 30.7 Å². The van der Waals surface area contributed by atoms with Crippen LogP contribution in [-0.2, 0) is 4.74 Å². The summed E-state index contributed by atoms with van der Waals surface area (Å²) in [6.45, 7) is 5.61. The van der Waals surface area contributed by atoms with Crippen molar-refractivity contribution in [1.29, 1.82) is 0 Å². The van der Waals surface area contributed by atoms with Crippen LogP contribution in [0.3, 0.4) is 0 Å². The molecule has 1 atom stereocenters. The van der Waals surface area contributed by atoms with Crippen molar-refractivity contribution < 1.29 is 9.53 Å². The van der Waals surface area contributed by atoms with Gasteiger partial charge in [0.05, 0.1) is 22.9 Å². The van der Waals surface area contributed by atoms with Crippen LogP contribution >= 0.6 is 34.7 Å². The fraction of sp³-hybridized carbons (Fsp3) is 0.263. The van der Waals surface area contributed by atoms with E-state index in [2.05, 4.69) is 25.5 Å². The number of H-pyrrole nitrogens is 1. The lowest BCUT2D eigenvalue weighted by Gasteiger charge is -2.10. The van der Waals surface area contributed by atoms with Crippen molar-refractivity contribution in [2.75, 3.05) is 6.61 Å². The number of nitrogens with zero attached hydrogens (tertiary/aromatic N) is 5. The number of thioether (sulfide) groups is 1. The standard InChI is InChI=1S/C19H17ClN6O3S2/c1-4-29-18(28)14-9(2)13-16(27)21-15(22-17(13)31-14)10(3)30-19-23-24-25-26(19)12-7-5-11(20)6-8-12/h5-8,10H,4H2,1-3H3,(H,21,22,27). The maximum Gasteiger partial charge on any atom is 0.348 e. The van der Waals surface area contributed by atoms with E-state index < -0.39 is 5.97 Å². The number of carbonyl (C=O) groups is 1. The van der Waals surface area contributed by atoms with Crippen LogP contribution in [0, 0.1) is 6.92 Å². The van der Waals surface area contributed by atoms with E-state index in [4.69, 9.17) is 16.3 Å². The number of aryl methyl sites for hydroxylation is 1. The molecule has 9 nitrogen and oxygen atoms in total. The highest BCUT2D eigenvalue weighted by atomic mass is 35.5. The van der Waals surface area contributed by atoms with Crippen LogP contribution in [0.1, 0.15) is 40.2 Å². The van der Waals surface area contributed by atoms with Crippen molar-refractivity contribution in [3.63, 3.8) is 0 Å². The smallest absolute Gasteiger partial charge is 0.348 e. The molecule has 4 rings (SSSR count). The molecular weight excluding hydrogens is 460 g/mol. The zero-order chi connectivity index (χ0) is 22.1. The zero-order valence-electron chi connectivity index (χ0n) is 16.7. The Labute approximate surface area is 189 Å². The monoisotopic (exact) mass is 476 g/mol. The summed E-state index contributed by atoms with van der Waals surface area (Å²) >= 11 is 8.45. The second-order valence-electron chi connectivity index (χ2n) is 6.52. The van der Waals surface area contributed by atoms with Crippen LogP contribution in [0.5, 0.6) is 0 Å². The third-order valence-corrected chi connectivity index (χ3v) is 6.92. The summed E-state index contributed by atoms with van der Waals surface area (Å²) in [4.78, 5) is 33.2. The number of tetrazole rings is 1. The van der Waals surface area contributed by atoms with Crippen LogP contribution in [-0.4, -0.2) is 42.8 Å². The lowest BCUT2D eigenvalue weighted by molar-refractivity contribution is 0.0531. The fourth-order valence-electron chi connectivity index (χ4n) is 2.96. The van der Waals surface area contributed by atoms with Gasteiger partial charge in [0.15, 0.2) is 0 Å². The molecular formula is C19H17ClN6O3S2. The zero-order valence-corrected chi connectivity index (χ0v) is 19.1. The van der Waals surface area contributed by atoms with Gasteiger partial charge >= 0.3 is 5.97 Å². The second kappa shape index (κ2) is 8.77. The third-order valence-electron chi connectivity index (χ3n) is 4.46. The summed E-state index contributed by atoms with van der Waals surface area (Å²) in [6.07, 6.45) is 0. The summed E-state index contributed by atoms with van der Waals surface area (Å²) in [5.41, 5.74) is 1.04. The summed E-state index contributed by atoms with van der Waals surface area (Å²) < 4.78 is 6.67. The number of hydrogen-bond donors (Lipinski definition) is 1. The van der Waals surface area contributed by atoms with Crippen molar-refractivity contribution in [1.82, 2.24) is 30.2 Å². The van der Waals surface area contributed by atoms with Gasteiger partial charge in [-0.15, -0.1) is 16.4 Å². The maximum absolute atomic E-state index is 12.7.